The molecule has 1 atom stereocenters. The molecule has 1 aliphatic heterocycles. The van der Waals surface area contributed by atoms with Crippen molar-refractivity contribution in [2.24, 2.45) is 0 Å². The Balaban J connectivity index is 1.02. The zero-order valence-corrected chi connectivity index (χ0v) is 32.3. The van der Waals surface area contributed by atoms with Gasteiger partial charge in [0.05, 0.1) is 17.1 Å². The third-order valence-electron chi connectivity index (χ3n) is 12.4. The van der Waals surface area contributed by atoms with Crippen LogP contribution in [-0.2, 0) is 0 Å². The van der Waals surface area contributed by atoms with Crippen molar-refractivity contribution in [2.45, 2.75) is 6.04 Å². The SMILES string of the molecule is C1=C(c2ccc(-c3ccccc3)cc2)N(c2ccc(-c3cc4c5ccccc5c5c(c6ccccc6n5-c5ccccc5)c4c4ccccc34)cc2)C1c1ccccc1. The third-order valence-corrected chi connectivity index (χ3v) is 12.4. The zero-order valence-electron chi connectivity index (χ0n) is 32.3. The number of rotatable bonds is 6. The zero-order chi connectivity index (χ0) is 38.9. The highest BCUT2D eigenvalue weighted by molar-refractivity contribution is 6.38. The molecule has 0 aliphatic carbocycles. The average molecular weight is 751 g/mol. The maximum absolute atomic E-state index is 2.49. The fraction of sp³-hybridized carbons (Fsp3) is 0.0175. The Morgan fingerprint density at radius 1 is 0.339 bits per heavy atom. The molecule has 12 rings (SSSR count). The first-order chi connectivity index (χ1) is 29.3. The van der Waals surface area contributed by atoms with Gasteiger partial charge < -0.3 is 9.47 Å². The predicted octanol–water partition coefficient (Wildman–Crippen LogP) is 15.2. The molecule has 10 aromatic carbocycles. The first kappa shape index (κ1) is 33.5. The van der Waals surface area contributed by atoms with Crippen molar-refractivity contribution in [3.05, 3.63) is 236 Å². The van der Waals surface area contributed by atoms with E-state index in [9.17, 15) is 0 Å². The van der Waals surface area contributed by atoms with Gasteiger partial charge in [-0.2, -0.15) is 0 Å². The molecule has 0 saturated carbocycles. The Morgan fingerprint density at radius 3 is 1.61 bits per heavy atom. The standard InChI is InChI=1S/C57H38N2/c1-4-16-38(17-5-1)39-28-30-42(31-29-39)54-37-53(41-18-6-2-7-19-41)58(54)44-34-32-40(33-35-44)50-36-51-46-23-11-13-25-48(46)57-56(55(51)47-24-12-10-22-45(47)50)49-26-14-15-27-52(49)59(57)43-20-8-3-9-21-43/h1-37,53H. The number of anilines is 1. The van der Waals surface area contributed by atoms with Crippen LogP contribution in [-0.4, -0.2) is 4.57 Å². The van der Waals surface area contributed by atoms with Gasteiger partial charge in [-0.3, -0.25) is 0 Å². The molecule has 2 heterocycles. The molecule has 0 N–H and O–H groups in total. The van der Waals surface area contributed by atoms with E-state index in [1.807, 2.05) is 0 Å². The number of hydrogen-bond acceptors (Lipinski definition) is 1. The highest BCUT2D eigenvalue weighted by atomic mass is 15.2. The van der Waals surface area contributed by atoms with Crippen LogP contribution >= 0.6 is 0 Å². The molecule has 0 amide bonds. The van der Waals surface area contributed by atoms with Crippen LogP contribution in [0, 0.1) is 0 Å². The van der Waals surface area contributed by atoms with E-state index in [1.54, 1.807) is 0 Å². The van der Waals surface area contributed by atoms with Crippen LogP contribution in [0.1, 0.15) is 17.2 Å². The molecule has 0 radical (unpaired) electrons. The molecular weight excluding hydrogens is 713 g/mol. The van der Waals surface area contributed by atoms with Gasteiger partial charge in [0.25, 0.3) is 0 Å². The van der Waals surface area contributed by atoms with E-state index >= 15 is 0 Å². The minimum absolute atomic E-state index is 0.152. The fourth-order valence-corrected chi connectivity index (χ4v) is 9.68. The van der Waals surface area contributed by atoms with Gasteiger partial charge >= 0.3 is 0 Å². The van der Waals surface area contributed by atoms with Crippen LogP contribution in [0.15, 0.2) is 224 Å². The summed E-state index contributed by atoms with van der Waals surface area (Å²) < 4.78 is 2.46. The second-order valence-electron chi connectivity index (χ2n) is 15.6. The molecule has 0 saturated heterocycles. The molecule has 1 unspecified atom stereocenters. The van der Waals surface area contributed by atoms with Crippen molar-refractivity contribution in [1.29, 1.82) is 0 Å². The van der Waals surface area contributed by atoms with E-state index in [-0.39, 0.29) is 6.04 Å². The second-order valence-corrected chi connectivity index (χ2v) is 15.6. The van der Waals surface area contributed by atoms with Gasteiger partial charge in [0.2, 0.25) is 0 Å². The van der Waals surface area contributed by atoms with E-state index in [1.165, 1.54) is 105 Å². The number of fused-ring (bicyclic) bond motifs is 10. The quantitative estimate of drug-likeness (QED) is 0.154. The lowest BCUT2D eigenvalue weighted by molar-refractivity contribution is 0.799. The van der Waals surface area contributed by atoms with Crippen LogP contribution in [0.2, 0.25) is 0 Å². The normalized spacial score (nSPS) is 14.0. The van der Waals surface area contributed by atoms with Gasteiger partial charge in [-0.15, -0.1) is 0 Å². The van der Waals surface area contributed by atoms with Gasteiger partial charge in [0, 0.05) is 38.6 Å². The molecule has 59 heavy (non-hydrogen) atoms. The molecule has 2 nitrogen and oxygen atoms in total. The molecule has 0 spiro atoms. The van der Waals surface area contributed by atoms with Crippen molar-refractivity contribution in [1.82, 2.24) is 4.57 Å². The van der Waals surface area contributed by atoms with Gasteiger partial charge in [-0.1, -0.05) is 182 Å². The van der Waals surface area contributed by atoms with E-state index < -0.39 is 0 Å². The molecule has 1 aliphatic rings. The summed E-state index contributed by atoms with van der Waals surface area (Å²) in [5.41, 5.74) is 13.5. The van der Waals surface area contributed by atoms with Crippen LogP contribution in [0.5, 0.6) is 0 Å². The van der Waals surface area contributed by atoms with Crippen LogP contribution in [0.3, 0.4) is 0 Å². The Labute approximate surface area is 343 Å². The lowest BCUT2D eigenvalue weighted by Crippen LogP contribution is -2.34. The second kappa shape index (κ2) is 13.5. The summed E-state index contributed by atoms with van der Waals surface area (Å²) in [5.74, 6) is 0. The van der Waals surface area contributed by atoms with E-state index in [2.05, 4.69) is 234 Å². The van der Waals surface area contributed by atoms with Crippen molar-refractivity contribution in [2.75, 3.05) is 4.90 Å². The van der Waals surface area contributed by atoms with Crippen molar-refractivity contribution >= 4 is 65.5 Å². The monoisotopic (exact) mass is 750 g/mol. The number of para-hydroxylation sites is 2. The Hall–Kier alpha value is -7.68. The summed E-state index contributed by atoms with van der Waals surface area (Å²) in [6, 6.07) is 80.0. The summed E-state index contributed by atoms with van der Waals surface area (Å²) in [6.45, 7) is 0. The van der Waals surface area contributed by atoms with Crippen molar-refractivity contribution < 1.29 is 0 Å². The first-order valence-electron chi connectivity index (χ1n) is 20.5. The van der Waals surface area contributed by atoms with Gasteiger partial charge in [-0.25, -0.2) is 0 Å². The van der Waals surface area contributed by atoms with Gasteiger partial charge in [0.1, 0.15) is 0 Å². The number of benzene rings is 10. The fourth-order valence-electron chi connectivity index (χ4n) is 9.68. The molecule has 0 fully saturated rings. The minimum atomic E-state index is 0.152. The van der Waals surface area contributed by atoms with Crippen molar-refractivity contribution in [3.63, 3.8) is 0 Å². The summed E-state index contributed by atoms with van der Waals surface area (Å²) in [7, 11) is 0. The smallest absolute Gasteiger partial charge is 0.0798 e. The average Bonchev–Trinajstić information content (AvgIpc) is 3.65. The maximum atomic E-state index is 2.49. The molecule has 276 valence electrons. The summed E-state index contributed by atoms with van der Waals surface area (Å²) in [5, 5.41) is 10.2. The number of hydrogen-bond donors (Lipinski definition) is 0. The highest BCUT2D eigenvalue weighted by Crippen LogP contribution is 2.48. The van der Waals surface area contributed by atoms with Gasteiger partial charge in [-0.05, 0) is 97.4 Å². The number of aromatic nitrogens is 1. The lowest BCUT2D eigenvalue weighted by Gasteiger charge is -2.42. The van der Waals surface area contributed by atoms with Crippen LogP contribution in [0.25, 0.3) is 87.8 Å². The largest absolute Gasteiger partial charge is 0.330 e. The Kier molecular flexibility index (Phi) is 7.64. The third kappa shape index (κ3) is 5.27. The van der Waals surface area contributed by atoms with E-state index in [0.717, 1.165) is 0 Å². The summed E-state index contributed by atoms with van der Waals surface area (Å²) in [6.07, 6.45) is 2.40. The Bertz CT molecular complexity index is 3400. The lowest BCUT2D eigenvalue weighted by atomic mass is 9.88. The Morgan fingerprint density at radius 2 is 0.881 bits per heavy atom. The summed E-state index contributed by atoms with van der Waals surface area (Å²) in [4.78, 5) is 2.49. The minimum Gasteiger partial charge on any atom is -0.330 e. The molecule has 11 aromatic rings. The van der Waals surface area contributed by atoms with E-state index in [4.69, 9.17) is 0 Å². The van der Waals surface area contributed by atoms with E-state index in [0.29, 0.717) is 0 Å². The predicted molar refractivity (Wildman–Crippen MR) is 250 cm³/mol. The molecular formula is C57H38N2. The van der Waals surface area contributed by atoms with Crippen LogP contribution < -0.4 is 4.90 Å². The maximum Gasteiger partial charge on any atom is 0.0798 e. The molecule has 0 bridgehead atoms. The summed E-state index contributed by atoms with van der Waals surface area (Å²) >= 11 is 0. The molecule has 2 heteroatoms. The molecule has 1 aromatic heterocycles. The highest BCUT2D eigenvalue weighted by Gasteiger charge is 2.32. The van der Waals surface area contributed by atoms with Crippen molar-refractivity contribution in [3.8, 4) is 27.9 Å². The first-order valence-corrected chi connectivity index (χ1v) is 20.5. The van der Waals surface area contributed by atoms with Gasteiger partial charge in [0.15, 0.2) is 0 Å². The topological polar surface area (TPSA) is 8.17 Å². The number of nitrogens with zero attached hydrogens (tertiary/aromatic N) is 2. The van der Waals surface area contributed by atoms with Crippen LogP contribution in [0.4, 0.5) is 5.69 Å².